The van der Waals surface area contributed by atoms with Gasteiger partial charge < -0.3 is 14.8 Å². The van der Waals surface area contributed by atoms with Gasteiger partial charge in [0.15, 0.2) is 6.10 Å². The molecule has 1 atom stereocenters. The van der Waals surface area contributed by atoms with Gasteiger partial charge in [-0.25, -0.2) is 8.78 Å². The lowest BCUT2D eigenvalue weighted by atomic mass is 10.1. The van der Waals surface area contributed by atoms with Gasteiger partial charge in [-0.3, -0.25) is 9.59 Å². The first-order chi connectivity index (χ1) is 12.3. The van der Waals surface area contributed by atoms with Crippen LogP contribution in [0, 0.1) is 11.6 Å². The van der Waals surface area contributed by atoms with Crippen LogP contribution in [-0.4, -0.2) is 25.1 Å². The van der Waals surface area contributed by atoms with Crippen molar-refractivity contribution in [1.29, 1.82) is 0 Å². The number of hydrogen-bond acceptors (Lipinski definition) is 4. The van der Waals surface area contributed by atoms with E-state index < -0.39 is 29.6 Å². The number of rotatable bonds is 6. The number of halogens is 3. The van der Waals surface area contributed by atoms with E-state index in [1.165, 1.54) is 14.0 Å². The van der Waals surface area contributed by atoms with E-state index in [4.69, 9.17) is 21.1 Å². The summed E-state index contributed by atoms with van der Waals surface area (Å²) in [6.45, 7) is 1.32. The molecular formula is C18H16ClF2NO4. The van der Waals surface area contributed by atoms with Crippen molar-refractivity contribution >= 4 is 29.2 Å². The molecule has 2 rings (SSSR count). The van der Waals surface area contributed by atoms with Gasteiger partial charge in [-0.15, -0.1) is 0 Å². The maximum absolute atomic E-state index is 13.5. The zero-order chi connectivity index (χ0) is 19.3. The van der Waals surface area contributed by atoms with E-state index in [1.807, 2.05) is 0 Å². The summed E-state index contributed by atoms with van der Waals surface area (Å²) in [7, 11) is 1.45. The normalized spacial score (nSPS) is 11.6. The molecule has 0 spiro atoms. The number of nitrogens with one attached hydrogen (secondary N) is 1. The molecule has 26 heavy (non-hydrogen) atoms. The molecule has 0 fully saturated rings. The van der Waals surface area contributed by atoms with Crippen LogP contribution in [0.3, 0.4) is 0 Å². The van der Waals surface area contributed by atoms with Crippen LogP contribution in [-0.2, 0) is 20.7 Å². The molecule has 138 valence electrons. The molecule has 2 aromatic carbocycles. The van der Waals surface area contributed by atoms with Crippen molar-refractivity contribution in [1.82, 2.24) is 0 Å². The second-order valence-electron chi connectivity index (χ2n) is 5.38. The van der Waals surface area contributed by atoms with Crippen molar-refractivity contribution in [2.24, 2.45) is 0 Å². The van der Waals surface area contributed by atoms with Gasteiger partial charge in [0.2, 0.25) is 0 Å². The number of esters is 1. The van der Waals surface area contributed by atoms with Gasteiger partial charge in [0.25, 0.3) is 5.91 Å². The Labute approximate surface area is 153 Å². The lowest BCUT2D eigenvalue weighted by Gasteiger charge is -2.15. The molecule has 0 heterocycles. The van der Waals surface area contributed by atoms with E-state index in [9.17, 15) is 18.4 Å². The van der Waals surface area contributed by atoms with Gasteiger partial charge in [0.1, 0.15) is 17.4 Å². The number of amides is 1. The Kier molecular flexibility index (Phi) is 6.52. The fraction of sp³-hybridized carbons (Fsp3) is 0.222. The first-order valence-electron chi connectivity index (χ1n) is 7.58. The number of hydrogen-bond donors (Lipinski definition) is 1. The van der Waals surface area contributed by atoms with Crippen molar-refractivity contribution in [3.05, 3.63) is 58.6 Å². The maximum Gasteiger partial charge on any atom is 0.311 e. The van der Waals surface area contributed by atoms with Crippen LogP contribution in [0.5, 0.6) is 5.75 Å². The second-order valence-corrected chi connectivity index (χ2v) is 5.81. The monoisotopic (exact) mass is 383 g/mol. The predicted octanol–water partition coefficient (Wildman–Crippen LogP) is 3.74. The number of carbonyl (C=O) groups is 2. The minimum absolute atomic E-state index is 0.171. The van der Waals surface area contributed by atoms with Crippen molar-refractivity contribution in [3.63, 3.8) is 0 Å². The highest BCUT2D eigenvalue weighted by Gasteiger charge is 2.20. The molecule has 0 saturated carbocycles. The van der Waals surface area contributed by atoms with Gasteiger partial charge in [0, 0.05) is 16.7 Å². The van der Waals surface area contributed by atoms with Crippen LogP contribution in [0.25, 0.3) is 0 Å². The largest absolute Gasteiger partial charge is 0.496 e. The summed E-state index contributed by atoms with van der Waals surface area (Å²) in [5.41, 5.74) is 0.156. The summed E-state index contributed by atoms with van der Waals surface area (Å²) >= 11 is 5.89. The minimum Gasteiger partial charge on any atom is -0.496 e. The van der Waals surface area contributed by atoms with E-state index >= 15 is 0 Å². The lowest BCUT2D eigenvalue weighted by molar-refractivity contribution is -0.152. The molecule has 0 bridgehead atoms. The van der Waals surface area contributed by atoms with E-state index in [-0.39, 0.29) is 12.1 Å². The number of ether oxygens (including phenoxy) is 2. The molecule has 0 aromatic heterocycles. The lowest BCUT2D eigenvalue weighted by Crippen LogP contribution is -2.30. The highest BCUT2D eigenvalue weighted by molar-refractivity contribution is 6.30. The topological polar surface area (TPSA) is 64.6 Å². The number of carbonyl (C=O) groups excluding carboxylic acids is 2. The fourth-order valence-corrected chi connectivity index (χ4v) is 2.36. The van der Waals surface area contributed by atoms with Crippen LogP contribution in [0.1, 0.15) is 12.5 Å². The fourth-order valence-electron chi connectivity index (χ4n) is 2.16. The first-order valence-corrected chi connectivity index (χ1v) is 7.95. The summed E-state index contributed by atoms with van der Waals surface area (Å²) in [6, 6.07) is 7.40. The highest BCUT2D eigenvalue weighted by atomic mass is 35.5. The van der Waals surface area contributed by atoms with Crippen LogP contribution >= 0.6 is 11.6 Å². The van der Waals surface area contributed by atoms with Crippen LogP contribution in [0.4, 0.5) is 14.5 Å². The standard InChI is InChI=1S/C18H16ClF2NO4/c1-10(18(24)22-15-9-13(20)4-5-14(15)21)26-17(23)8-11-7-12(19)3-6-16(11)25-2/h3-7,9-10H,8H2,1-2H3,(H,22,24)/t10-/m0/s1. The average Bonchev–Trinajstić information content (AvgIpc) is 2.58. The summed E-state index contributed by atoms with van der Waals surface area (Å²) in [5.74, 6) is -2.56. The molecule has 0 aliphatic rings. The van der Waals surface area contributed by atoms with Crippen molar-refractivity contribution in [3.8, 4) is 5.75 Å². The SMILES string of the molecule is COc1ccc(Cl)cc1CC(=O)O[C@@H](C)C(=O)Nc1cc(F)ccc1F. The summed E-state index contributed by atoms with van der Waals surface area (Å²) in [5, 5.41) is 2.59. The van der Waals surface area contributed by atoms with Crippen LogP contribution < -0.4 is 10.1 Å². The molecule has 0 unspecified atom stereocenters. The summed E-state index contributed by atoms with van der Waals surface area (Å²) < 4.78 is 36.8. The molecule has 8 heteroatoms. The molecule has 0 radical (unpaired) electrons. The zero-order valence-electron chi connectivity index (χ0n) is 14.0. The Morgan fingerprint density at radius 2 is 1.92 bits per heavy atom. The first kappa shape index (κ1) is 19.7. The van der Waals surface area contributed by atoms with Gasteiger partial charge >= 0.3 is 5.97 Å². The molecule has 0 aliphatic carbocycles. The van der Waals surface area contributed by atoms with Gasteiger partial charge in [-0.2, -0.15) is 0 Å². The molecule has 2 aromatic rings. The molecule has 5 nitrogen and oxygen atoms in total. The minimum atomic E-state index is -1.21. The molecular weight excluding hydrogens is 368 g/mol. The Bertz CT molecular complexity index is 829. The Balaban J connectivity index is 1.99. The summed E-state index contributed by atoms with van der Waals surface area (Å²) in [6.07, 6.45) is -1.38. The van der Waals surface area contributed by atoms with Crippen molar-refractivity contribution < 1.29 is 27.8 Å². The molecule has 0 saturated heterocycles. The third-order valence-corrected chi connectivity index (χ3v) is 3.68. The number of anilines is 1. The van der Waals surface area contributed by atoms with E-state index in [2.05, 4.69) is 5.32 Å². The Hall–Kier alpha value is -2.67. The van der Waals surface area contributed by atoms with Gasteiger partial charge in [-0.1, -0.05) is 11.6 Å². The third-order valence-electron chi connectivity index (χ3n) is 3.44. The van der Waals surface area contributed by atoms with E-state index in [0.717, 1.165) is 18.2 Å². The van der Waals surface area contributed by atoms with Crippen LogP contribution in [0.2, 0.25) is 5.02 Å². The molecule has 0 aliphatic heterocycles. The number of benzene rings is 2. The van der Waals surface area contributed by atoms with Gasteiger partial charge in [-0.05, 0) is 37.3 Å². The molecule has 1 N–H and O–H groups in total. The number of methoxy groups -OCH3 is 1. The van der Waals surface area contributed by atoms with Crippen molar-refractivity contribution in [2.75, 3.05) is 12.4 Å². The van der Waals surface area contributed by atoms with E-state index in [1.54, 1.807) is 18.2 Å². The highest BCUT2D eigenvalue weighted by Crippen LogP contribution is 2.23. The second kappa shape index (κ2) is 8.62. The maximum atomic E-state index is 13.5. The average molecular weight is 384 g/mol. The molecule has 1 amide bonds. The zero-order valence-corrected chi connectivity index (χ0v) is 14.8. The smallest absolute Gasteiger partial charge is 0.311 e. The predicted molar refractivity (Wildman–Crippen MR) is 92.2 cm³/mol. The third kappa shape index (κ3) is 5.16. The van der Waals surface area contributed by atoms with E-state index in [0.29, 0.717) is 16.3 Å². The van der Waals surface area contributed by atoms with Gasteiger partial charge in [0.05, 0.1) is 19.2 Å². The Morgan fingerprint density at radius 3 is 2.62 bits per heavy atom. The Morgan fingerprint density at radius 1 is 1.19 bits per heavy atom. The van der Waals surface area contributed by atoms with Crippen LogP contribution in [0.15, 0.2) is 36.4 Å². The quantitative estimate of drug-likeness (QED) is 0.772. The summed E-state index contributed by atoms with van der Waals surface area (Å²) in [4.78, 5) is 24.1. The van der Waals surface area contributed by atoms with Crippen molar-refractivity contribution in [2.45, 2.75) is 19.4 Å².